The van der Waals surface area contributed by atoms with Gasteiger partial charge in [0.1, 0.15) is 5.75 Å². The summed E-state index contributed by atoms with van der Waals surface area (Å²) >= 11 is 5.29. The Labute approximate surface area is 147 Å². The molecule has 1 aromatic carbocycles. The summed E-state index contributed by atoms with van der Waals surface area (Å²) in [4.78, 5) is 12.0. The van der Waals surface area contributed by atoms with Crippen LogP contribution in [0.2, 0.25) is 0 Å². The first-order chi connectivity index (χ1) is 11.5. The number of aromatic amines is 1. The van der Waals surface area contributed by atoms with Gasteiger partial charge in [0.2, 0.25) is 5.91 Å². The topological polar surface area (TPSA) is 71.9 Å². The van der Waals surface area contributed by atoms with Crippen molar-refractivity contribution in [2.75, 3.05) is 6.61 Å². The van der Waals surface area contributed by atoms with Crippen LogP contribution < -0.4 is 10.1 Å². The highest BCUT2D eigenvalue weighted by Gasteiger charge is 2.12. The predicted molar refractivity (Wildman–Crippen MR) is 96.5 cm³/mol. The van der Waals surface area contributed by atoms with E-state index in [0.717, 1.165) is 23.6 Å². The van der Waals surface area contributed by atoms with Crippen molar-refractivity contribution in [3.63, 3.8) is 0 Å². The SMILES string of the molecule is CCOc1ccc(-c2n[nH]c(=S)n2CCC(=O)NC(C)CC)cc1. The standard InChI is InChI=1S/C17H24N4O2S/c1-4-12(3)18-15(22)10-11-21-16(19-20-17(21)24)13-6-8-14(9-7-13)23-5-2/h6-9,12H,4-5,10-11H2,1-3H3,(H,18,22)(H,20,24). The maximum Gasteiger partial charge on any atom is 0.222 e. The lowest BCUT2D eigenvalue weighted by Gasteiger charge is -2.12. The molecule has 0 aliphatic rings. The van der Waals surface area contributed by atoms with E-state index in [2.05, 4.69) is 15.5 Å². The third kappa shape index (κ3) is 4.67. The minimum atomic E-state index is 0.0186. The van der Waals surface area contributed by atoms with Gasteiger partial charge in [-0.1, -0.05) is 6.92 Å². The summed E-state index contributed by atoms with van der Waals surface area (Å²) in [5.41, 5.74) is 0.924. The van der Waals surface area contributed by atoms with Crippen LogP contribution in [-0.2, 0) is 11.3 Å². The van der Waals surface area contributed by atoms with Crippen molar-refractivity contribution in [3.8, 4) is 17.1 Å². The number of aromatic nitrogens is 3. The number of ether oxygens (including phenoxy) is 1. The Bertz CT molecular complexity index is 721. The zero-order valence-corrected chi connectivity index (χ0v) is 15.2. The fourth-order valence-electron chi connectivity index (χ4n) is 2.27. The third-order valence-corrected chi connectivity index (χ3v) is 4.08. The first-order valence-corrected chi connectivity index (χ1v) is 8.63. The molecule has 0 saturated heterocycles. The Balaban J connectivity index is 2.10. The summed E-state index contributed by atoms with van der Waals surface area (Å²) in [7, 11) is 0. The maximum atomic E-state index is 12.0. The van der Waals surface area contributed by atoms with Crippen LogP contribution in [0.3, 0.4) is 0 Å². The van der Waals surface area contributed by atoms with Crippen LogP contribution in [0.4, 0.5) is 0 Å². The maximum absolute atomic E-state index is 12.0. The lowest BCUT2D eigenvalue weighted by molar-refractivity contribution is -0.121. The number of H-pyrrole nitrogens is 1. The highest BCUT2D eigenvalue weighted by molar-refractivity contribution is 7.71. The van der Waals surface area contributed by atoms with Gasteiger partial charge in [0.05, 0.1) is 6.61 Å². The molecular formula is C17H24N4O2S. The normalized spacial score (nSPS) is 12.0. The Morgan fingerprint density at radius 2 is 2.08 bits per heavy atom. The van der Waals surface area contributed by atoms with E-state index in [1.54, 1.807) is 0 Å². The van der Waals surface area contributed by atoms with Crippen LogP contribution >= 0.6 is 12.2 Å². The average Bonchev–Trinajstić information content (AvgIpc) is 2.94. The van der Waals surface area contributed by atoms with Crippen molar-refractivity contribution >= 4 is 18.1 Å². The van der Waals surface area contributed by atoms with Crippen molar-refractivity contribution in [2.45, 2.75) is 46.2 Å². The minimum Gasteiger partial charge on any atom is -0.494 e. The first kappa shape index (κ1) is 18.2. The zero-order chi connectivity index (χ0) is 17.5. The van der Waals surface area contributed by atoms with Gasteiger partial charge in [-0.2, -0.15) is 5.10 Å². The summed E-state index contributed by atoms with van der Waals surface area (Å²) in [6, 6.07) is 7.85. The van der Waals surface area contributed by atoms with Crippen LogP contribution in [0.5, 0.6) is 5.75 Å². The fourth-order valence-corrected chi connectivity index (χ4v) is 2.50. The lowest BCUT2D eigenvalue weighted by Crippen LogP contribution is -2.32. The predicted octanol–water partition coefficient (Wildman–Crippen LogP) is 3.31. The zero-order valence-electron chi connectivity index (χ0n) is 14.3. The molecule has 6 nitrogen and oxygen atoms in total. The molecule has 0 fully saturated rings. The number of hydrogen-bond acceptors (Lipinski definition) is 4. The first-order valence-electron chi connectivity index (χ1n) is 8.23. The van der Waals surface area contributed by atoms with E-state index in [0.29, 0.717) is 24.3 Å². The molecule has 24 heavy (non-hydrogen) atoms. The van der Waals surface area contributed by atoms with Crippen molar-refractivity contribution < 1.29 is 9.53 Å². The summed E-state index contributed by atoms with van der Waals surface area (Å²) in [5, 5.41) is 10.1. The van der Waals surface area contributed by atoms with Crippen molar-refractivity contribution in [2.24, 2.45) is 0 Å². The Morgan fingerprint density at radius 1 is 1.38 bits per heavy atom. The Kier molecular flexibility index (Phi) is 6.54. The second-order valence-electron chi connectivity index (χ2n) is 5.59. The van der Waals surface area contributed by atoms with E-state index >= 15 is 0 Å². The molecule has 1 aromatic heterocycles. The van der Waals surface area contributed by atoms with Gasteiger partial charge in [-0.25, -0.2) is 0 Å². The molecule has 1 amide bonds. The fraction of sp³-hybridized carbons (Fsp3) is 0.471. The van der Waals surface area contributed by atoms with Gasteiger partial charge in [0.15, 0.2) is 10.6 Å². The molecule has 0 radical (unpaired) electrons. The van der Waals surface area contributed by atoms with Crippen molar-refractivity contribution in [3.05, 3.63) is 29.0 Å². The summed E-state index contributed by atoms with van der Waals surface area (Å²) < 4.78 is 7.81. The number of nitrogens with one attached hydrogen (secondary N) is 2. The van der Waals surface area contributed by atoms with Gasteiger partial charge in [0.25, 0.3) is 0 Å². The van der Waals surface area contributed by atoms with Gasteiger partial charge in [-0.3, -0.25) is 14.5 Å². The number of amides is 1. The Hall–Kier alpha value is -2.15. The smallest absolute Gasteiger partial charge is 0.222 e. The van der Waals surface area contributed by atoms with E-state index in [9.17, 15) is 4.79 Å². The molecule has 7 heteroatoms. The molecule has 0 saturated carbocycles. The number of carbonyl (C=O) groups is 1. The van der Waals surface area contributed by atoms with Crippen LogP contribution in [0.1, 0.15) is 33.6 Å². The van der Waals surface area contributed by atoms with Crippen LogP contribution in [-0.4, -0.2) is 33.3 Å². The van der Waals surface area contributed by atoms with E-state index in [-0.39, 0.29) is 11.9 Å². The molecule has 1 heterocycles. The number of hydrogen-bond donors (Lipinski definition) is 2. The summed E-state index contributed by atoms with van der Waals surface area (Å²) in [5.74, 6) is 1.55. The molecule has 1 unspecified atom stereocenters. The minimum absolute atomic E-state index is 0.0186. The van der Waals surface area contributed by atoms with Crippen molar-refractivity contribution in [1.82, 2.24) is 20.1 Å². The molecule has 130 valence electrons. The summed E-state index contributed by atoms with van der Waals surface area (Å²) in [6.45, 7) is 7.10. The molecule has 0 aliphatic heterocycles. The van der Waals surface area contributed by atoms with Gasteiger partial charge in [-0.15, -0.1) is 0 Å². The van der Waals surface area contributed by atoms with E-state index in [1.807, 2.05) is 49.6 Å². The van der Waals surface area contributed by atoms with Gasteiger partial charge < -0.3 is 10.1 Å². The number of carbonyl (C=O) groups excluding carboxylic acids is 1. The van der Waals surface area contributed by atoms with E-state index < -0.39 is 0 Å². The van der Waals surface area contributed by atoms with Crippen LogP contribution in [0.25, 0.3) is 11.4 Å². The van der Waals surface area contributed by atoms with Crippen molar-refractivity contribution in [1.29, 1.82) is 0 Å². The molecule has 2 rings (SSSR count). The molecule has 0 aliphatic carbocycles. The molecular weight excluding hydrogens is 324 g/mol. The average molecular weight is 348 g/mol. The molecule has 0 spiro atoms. The molecule has 1 atom stereocenters. The number of benzene rings is 1. The highest BCUT2D eigenvalue weighted by Crippen LogP contribution is 2.21. The van der Waals surface area contributed by atoms with E-state index in [4.69, 9.17) is 17.0 Å². The van der Waals surface area contributed by atoms with Crippen LogP contribution in [0, 0.1) is 4.77 Å². The number of nitrogens with zero attached hydrogens (tertiary/aromatic N) is 2. The van der Waals surface area contributed by atoms with Crippen LogP contribution in [0.15, 0.2) is 24.3 Å². The summed E-state index contributed by atoms with van der Waals surface area (Å²) in [6.07, 6.45) is 1.27. The lowest BCUT2D eigenvalue weighted by atomic mass is 10.2. The largest absolute Gasteiger partial charge is 0.494 e. The Morgan fingerprint density at radius 3 is 2.71 bits per heavy atom. The second-order valence-corrected chi connectivity index (χ2v) is 5.97. The second kappa shape index (κ2) is 8.63. The highest BCUT2D eigenvalue weighted by atomic mass is 32.1. The monoisotopic (exact) mass is 348 g/mol. The third-order valence-electron chi connectivity index (χ3n) is 3.76. The number of rotatable bonds is 8. The van der Waals surface area contributed by atoms with Gasteiger partial charge in [0, 0.05) is 24.6 Å². The van der Waals surface area contributed by atoms with E-state index in [1.165, 1.54) is 0 Å². The molecule has 2 aromatic rings. The van der Waals surface area contributed by atoms with Gasteiger partial charge >= 0.3 is 0 Å². The molecule has 2 N–H and O–H groups in total. The quantitative estimate of drug-likeness (QED) is 0.718. The molecule has 0 bridgehead atoms. The van der Waals surface area contributed by atoms with Gasteiger partial charge in [-0.05, 0) is 56.8 Å².